The fourth-order valence-corrected chi connectivity index (χ4v) is 4.95. The maximum absolute atomic E-state index is 13.6. The third-order valence-corrected chi connectivity index (χ3v) is 6.65. The number of thiazole rings is 1. The van der Waals surface area contributed by atoms with E-state index in [0.717, 1.165) is 24.8 Å². The Bertz CT molecular complexity index is 1380. The van der Waals surface area contributed by atoms with Crippen molar-refractivity contribution in [3.63, 3.8) is 0 Å². The van der Waals surface area contributed by atoms with Gasteiger partial charge >= 0.3 is 0 Å². The number of carbonyl (C=O) groups excluding carboxylic acids is 1. The fraction of sp³-hybridized carbons (Fsp3) is 0.240. The molecule has 0 saturated heterocycles. The summed E-state index contributed by atoms with van der Waals surface area (Å²) in [5, 5.41) is 3.05. The average molecular weight is 481 g/mol. The molecule has 0 fully saturated rings. The molecule has 1 aliphatic rings. The Morgan fingerprint density at radius 1 is 1.18 bits per heavy atom. The van der Waals surface area contributed by atoms with E-state index in [1.807, 2.05) is 24.3 Å². The summed E-state index contributed by atoms with van der Waals surface area (Å²) in [6, 6.07) is 11.6. The van der Waals surface area contributed by atoms with Crippen molar-refractivity contribution in [2.24, 2.45) is 0 Å². The van der Waals surface area contributed by atoms with E-state index >= 15 is 0 Å². The number of hydrogen-bond acceptors (Lipinski definition) is 6. The third-order valence-electron chi connectivity index (χ3n) is 5.65. The molecule has 33 heavy (non-hydrogen) atoms. The maximum atomic E-state index is 13.6. The van der Waals surface area contributed by atoms with Crippen LogP contribution in [0, 0.1) is 0 Å². The molecule has 0 saturated carbocycles. The highest BCUT2D eigenvalue weighted by Gasteiger charge is 2.44. The Balaban J connectivity index is 1.65. The van der Waals surface area contributed by atoms with Crippen LogP contribution in [-0.4, -0.2) is 17.5 Å². The number of anilines is 1. The van der Waals surface area contributed by atoms with Crippen molar-refractivity contribution in [3.8, 4) is 5.75 Å². The van der Waals surface area contributed by atoms with Gasteiger partial charge in [0.15, 0.2) is 10.6 Å². The first-order valence-corrected chi connectivity index (χ1v) is 12.1. The van der Waals surface area contributed by atoms with Gasteiger partial charge in [0.05, 0.1) is 23.6 Å². The predicted octanol–water partition coefficient (Wildman–Crippen LogP) is 6.22. The van der Waals surface area contributed by atoms with E-state index in [9.17, 15) is 9.59 Å². The molecule has 0 bridgehead atoms. The van der Waals surface area contributed by atoms with Crippen molar-refractivity contribution >= 4 is 44.9 Å². The van der Waals surface area contributed by atoms with Gasteiger partial charge in [-0.2, -0.15) is 0 Å². The van der Waals surface area contributed by atoms with Crippen LogP contribution in [0.1, 0.15) is 53.9 Å². The minimum atomic E-state index is -0.683. The summed E-state index contributed by atoms with van der Waals surface area (Å²) in [5.41, 5.74) is 1.08. The molecule has 0 radical (unpaired) electrons. The van der Waals surface area contributed by atoms with Gasteiger partial charge in [0.1, 0.15) is 11.3 Å². The first-order chi connectivity index (χ1) is 16.1. The van der Waals surface area contributed by atoms with Crippen molar-refractivity contribution in [1.29, 1.82) is 0 Å². The monoisotopic (exact) mass is 480 g/mol. The minimum absolute atomic E-state index is 0.0317. The van der Waals surface area contributed by atoms with Crippen LogP contribution in [0.15, 0.2) is 63.3 Å². The smallest absolute Gasteiger partial charge is 0.297 e. The Labute approximate surface area is 199 Å². The van der Waals surface area contributed by atoms with E-state index in [0.29, 0.717) is 33.5 Å². The standard InChI is InChI=1S/C25H21ClN2O4S/c1-2-3-4-11-31-17-7-5-6-15(13-17)21-20-22(29)18-14-16(26)8-9-19(18)32-23(20)24(30)28(21)25-27-10-12-33-25/h5-10,12-14,21H,2-4,11H2,1H3. The molecule has 1 aliphatic heterocycles. The summed E-state index contributed by atoms with van der Waals surface area (Å²) >= 11 is 7.47. The molecule has 2 aromatic heterocycles. The Morgan fingerprint density at radius 3 is 2.85 bits per heavy atom. The first-order valence-electron chi connectivity index (χ1n) is 10.8. The van der Waals surface area contributed by atoms with Crippen LogP contribution in [-0.2, 0) is 0 Å². The lowest BCUT2D eigenvalue weighted by atomic mass is 9.98. The lowest BCUT2D eigenvalue weighted by molar-refractivity contribution is 0.0971. The highest BCUT2D eigenvalue weighted by atomic mass is 35.5. The molecule has 168 valence electrons. The molecule has 8 heteroatoms. The molecule has 6 nitrogen and oxygen atoms in total. The van der Waals surface area contributed by atoms with Gasteiger partial charge in [-0.15, -0.1) is 11.3 Å². The van der Waals surface area contributed by atoms with Gasteiger partial charge in [-0.25, -0.2) is 4.98 Å². The number of hydrogen-bond donors (Lipinski definition) is 0. The molecular formula is C25H21ClN2O4S. The van der Waals surface area contributed by atoms with Crippen LogP contribution in [0.25, 0.3) is 11.0 Å². The molecule has 3 heterocycles. The van der Waals surface area contributed by atoms with Gasteiger partial charge in [-0.05, 0) is 42.3 Å². The van der Waals surface area contributed by atoms with Crippen molar-refractivity contribution in [2.45, 2.75) is 32.2 Å². The first kappa shape index (κ1) is 21.7. The largest absolute Gasteiger partial charge is 0.494 e. The van der Waals surface area contributed by atoms with Gasteiger partial charge in [-0.1, -0.05) is 43.5 Å². The normalized spacial score (nSPS) is 15.3. The van der Waals surface area contributed by atoms with Crippen LogP contribution in [0.5, 0.6) is 5.75 Å². The molecule has 5 rings (SSSR count). The van der Waals surface area contributed by atoms with Crippen LogP contribution >= 0.6 is 22.9 Å². The molecule has 0 N–H and O–H groups in total. The summed E-state index contributed by atoms with van der Waals surface area (Å²) in [5.74, 6) is 0.328. The topological polar surface area (TPSA) is 72.6 Å². The number of aromatic nitrogens is 1. The second kappa shape index (κ2) is 9.00. The van der Waals surface area contributed by atoms with Crippen LogP contribution < -0.4 is 15.1 Å². The van der Waals surface area contributed by atoms with Gasteiger partial charge in [0, 0.05) is 16.6 Å². The molecule has 0 spiro atoms. The summed E-state index contributed by atoms with van der Waals surface area (Å²) in [6.07, 6.45) is 4.80. The lowest BCUT2D eigenvalue weighted by Crippen LogP contribution is -2.29. The van der Waals surface area contributed by atoms with E-state index < -0.39 is 11.9 Å². The van der Waals surface area contributed by atoms with E-state index in [1.54, 1.807) is 29.8 Å². The Morgan fingerprint density at radius 2 is 2.06 bits per heavy atom. The number of carbonyl (C=O) groups is 1. The van der Waals surface area contributed by atoms with E-state index in [2.05, 4.69) is 11.9 Å². The Hall–Kier alpha value is -3.16. The molecule has 1 unspecified atom stereocenters. The quantitative estimate of drug-likeness (QED) is 0.293. The molecule has 1 amide bonds. The van der Waals surface area contributed by atoms with E-state index in [-0.39, 0.29) is 16.8 Å². The van der Waals surface area contributed by atoms with Crippen molar-refractivity contribution in [2.75, 3.05) is 11.5 Å². The number of halogens is 1. The third kappa shape index (κ3) is 3.92. The number of benzene rings is 2. The second-order valence-electron chi connectivity index (χ2n) is 7.83. The zero-order valence-electron chi connectivity index (χ0n) is 17.9. The lowest BCUT2D eigenvalue weighted by Gasteiger charge is -2.23. The summed E-state index contributed by atoms with van der Waals surface area (Å²) in [7, 11) is 0. The highest BCUT2D eigenvalue weighted by Crippen LogP contribution is 2.42. The second-order valence-corrected chi connectivity index (χ2v) is 9.14. The predicted molar refractivity (Wildman–Crippen MR) is 130 cm³/mol. The molecule has 0 aliphatic carbocycles. The van der Waals surface area contributed by atoms with Gasteiger partial charge in [-0.3, -0.25) is 14.5 Å². The molecular weight excluding hydrogens is 460 g/mol. The number of nitrogens with zero attached hydrogens (tertiary/aromatic N) is 2. The number of amides is 1. The SMILES string of the molecule is CCCCCOc1cccc(C2c3c(oc4ccc(Cl)cc4c3=O)C(=O)N2c2nccs2)c1. The maximum Gasteiger partial charge on any atom is 0.297 e. The fourth-order valence-electron chi connectivity index (χ4n) is 4.11. The average Bonchev–Trinajstić information content (AvgIpc) is 3.44. The number of fused-ring (bicyclic) bond motifs is 2. The number of rotatable bonds is 7. The van der Waals surface area contributed by atoms with Crippen molar-refractivity contribution in [3.05, 3.63) is 86.2 Å². The number of ether oxygens (including phenoxy) is 1. The van der Waals surface area contributed by atoms with Crippen LogP contribution in [0.4, 0.5) is 5.13 Å². The minimum Gasteiger partial charge on any atom is -0.494 e. The van der Waals surface area contributed by atoms with Gasteiger partial charge < -0.3 is 9.15 Å². The van der Waals surface area contributed by atoms with Crippen molar-refractivity contribution in [1.82, 2.24) is 4.98 Å². The van der Waals surface area contributed by atoms with E-state index in [1.165, 1.54) is 16.2 Å². The zero-order chi connectivity index (χ0) is 22.9. The molecule has 1 atom stereocenters. The van der Waals surface area contributed by atoms with Crippen molar-refractivity contribution < 1.29 is 13.9 Å². The molecule has 4 aromatic rings. The van der Waals surface area contributed by atoms with Gasteiger partial charge in [0.25, 0.3) is 5.91 Å². The summed E-state index contributed by atoms with van der Waals surface area (Å²) < 4.78 is 11.9. The number of unbranched alkanes of at least 4 members (excludes halogenated alkanes) is 2. The molecule has 2 aromatic carbocycles. The highest BCUT2D eigenvalue weighted by molar-refractivity contribution is 7.13. The summed E-state index contributed by atoms with van der Waals surface area (Å²) in [6.45, 7) is 2.75. The van der Waals surface area contributed by atoms with Gasteiger partial charge in [0.2, 0.25) is 5.76 Å². The summed E-state index contributed by atoms with van der Waals surface area (Å²) in [4.78, 5) is 32.9. The zero-order valence-corrected chi connectivity index (χ0v) is 19.5. The van der Waals surface area contributed by atoms with E-state index in [4.69, 9.17) is 20.8 Å². The van der Waals surface area contributed by atoms with Crippen LogP contribution in [0.2, 0.25) is 5.02 Å². The Kier molecular flexibility index (Phi) is 5.91. The van der Waals surface area contributed by atoms with Crippen LogP contribution in [0.3, 0.4) is 0 Å².